The molecule has 0 aromatic heterocycles. The summed E-state index contributed by atoms with van der Waals surface area (Å²) in [5, 5.41) is 6.84. The van der Waals surface area contributed by atoms with Crippen molar-refractivity contribution in [1.82, 2.24) is 15.5 Å². The quantitative estimate of drug-likeness (QED) is 0.818. The lowest BCUT2D eigenvalue weighted by Gasteiger charge is -2.41. The molecule has 2 rings (SSSR count). The lowest BCUT2D eigenvalue weighted by molar-refractivity contribution is -0.128. The molecule has 4 heteroatoms. The minimum atomic E-state index is -0.156. The summed E-state index contributed by atoms with van der Waals surface area (Å²) < 4.78 is 0. The van der Waals surface area contributed by atoms with Gasteiger partial charge in [-0.2, -0.15) is 0 Å². The summed E-state index contributed by atoms with van der Waals surface area (Å²) >= 11 is 0. The minimum absolute atomic E-state index is 0.0355. The Labute approximate surface area is 130 Å². The van der Waals surface area contributed by atoms with Gasteiger partial charge in [0.1, 0.15) is 0 Å². The van der Waals surface area contributed by atoms with Gasteiger partial charge >= 0.3 is 0 Å². The second-order valence-electron chi connectivity index (χ2n) is 7.92. The zero-order chi connectivity index (χ0) is 15.6. The highest BCUT2D eigenvalue weighted by atomic mass is 16.2. The average Bonchev–Trinajstić information content (AvgIpc) is 2.72. The number of fused-ring (bicyclic) bond motifs is 2. The predicted octanol–water partition coefficient (Wildman–Crippen LogP) is 2.28. The van der Waals surface area contributed by atoms with E-state index >= 15 is 0 Å². The van der Waals surface area contributed by atoms with E-state index in [4.69, 9.17) is 0 Å². The summed E-state index contributed by atoms with van der Waals surface area (Å²) in [4.78, 5) is 15.0. The topological polar surface area (TPSA) is 44.4 Å². The molecule has 21 heavy (non-hydrogen) atoms. The lowest BCUT2D eigenvalue weighted by Crippen LogP contribution is -2.56. The smallest absolute Gasteiger partial charge is 0.237 e. The molecule has 0 aromatic rings. The Kier molecular flexibility index (Phi) is 5.31. The van der Waals surface area contributed by atoms with Crippen LogP contribution in [0.1, 0.15) is 66.7 Å². The number of hydrogen-bond donors (Lipinski definition) is 2. The number of nitrogens with one attached hydrogen (secondary N) is 2. The standard InChI is InChI=1S/C17H33N3O/c1-6-9-20(12(2)16(21)19-17(3,4)5)15-10-13-7-8-14(11-15)18-13/h12-15,18H,6-11H2,1-5H3,(H,19,21). The lowest BCUT2D eigenvalue weighted by atomic mass is 9.96. The summed E-state index contributed by atoms with van der Waals surface area (Å²) in [6, 6.07) is 1.87. The zero-order valence-electron chi connectivity index (χ0n) is 14.4. The normalized spacial score (nSPS) is 30.5. The molecule has 0 aromatic carbocycles. The van der Waals surface area contributed by atoms with Gasteiger partial charge in [-0.15, -0.1) is 0 Å². The number of rotatable bonds is 5. The van der Waals surface area contributed by atoms with E-state index in [0.717, 1.165) is 13.0 Å². The monoisotopic (exact) mass is 295 g/mol. The van der Waals surface area contributed by atoms with Crippen molar-refractivity contribution in [3.63, 3.8) is 0 Å². The predicted molar refractivity (Wildman–Crippen MR) is 87.3 cm³/mol. The van der Waals surface area contributed by atoms with Gasteiger partial charge in [0.15, 0.2) is 0 Å². The molecule has 2 N–H and O–H groups in total. The highest BCUT2D eigenvalue weighted by Crippen LogP contribution is 2.30. The summed E-state index contributed by atoms with van der Waals surface area (Å²) in [5.41, 5.74) is -0.156. The highest BCUT2D eigenvalue weighted by molar-refractivity contribution is 5.82. The molecule has 1 amide bonds. The first-order valence-corrected chi connectivity index (χ1v) is 8.64. The third-order valence-electron chi connectivity index (χ3n) is 4.77. The van der Waals surface area contributed by atoms with Crippen LogP contribution in [0.25, 0.3) is 0 Å². The van der Waals surface area contributed by atoms with Gasteiger partial charge in [-0.3, -0.25) is 9.69 Å². The van der Waals surface area contributed by atoms with Crippen molar-refractivity contribution >= 4 is 5.91 Å². The number of piperidine rings is 1. The second-order valence-corrected chi connectivity index (χ2v) is 7.92. The van der Waals surface area contributed by atoms with Gasteiger partial charge in [0, 0.05) is 23.7 Å². The number of amides is 1. The second kappa shape index (κ2) is 6.66. The van der Waals surface area contributed by atoms with Gasteiger partial charge in [0.05, 0.1) is 6.04 Å². The van der Waals surface area contributed by atoms with E-state index in [-0.39, 0.29) is 17.5 Å². The third kappa shape index (κ3) is 4.43. The third-order valence-corrected chi connectivity index (χ3v) is 4.77. The number of carbonyl (C=O) groups excluding carboxylic acids is 1. The fraction of sp³-hybridized carbons (Fsp3) is 0.941. The molecule has 0 spiro atoms. The summed E-state index contributed by atoms with van der Waals surface area (Å²) in [6.07, 6.45) is 6.12. The zero-order valence-corrected chi connectivity index (χ0v) is 14.4. The molecule has 2 heterocycles. The van der Waals surface area contributed by atoms with Crippen LogP contribution < -0.4 is 10.6 Å². The van der Waals surface area contributed by atoms with E-state index in [0.29, 0.717) is 18.1 Å². The molecule has 3 atom stereocenters. The van der Waals surface area contributed by atoms with Crippen molar-refractivity contribution in [2.75, 3.05) is 6.54 Å². The highest BCUT2D eigenvalue weighted by Gasteiger charge is 2.38. The molecule has 2 aliphatic rings. The Balaban J connectivity index is 2.02. The van der Waals surface area contributed by atoms with Crippen LogP contribution in [0, 0.1) is 0 Å². The average molecular weight is 295 g/mol. The van der Waals surface area contributed by atoms with Crippen LogP contribution in [-0.4, -0.2) is 47.1 Å². The van der Waals surface area contributed by atoms with E-state index in [1.54, 1.807) is 0 Å². The van der Waals surface area contributed by atoms with E-state index < -0.39 is 0 Å². The first kappa shape index (κ1) is 16.8. The fourth-order valence-electron chi connectivity index (χ4n) is 3.87. The van der Waals surface area contributed by atoms with Crippen molar-refractivity contribution in [3.05, 3.63) is 0 Å². The van der Waals surface area contributed by atoms with Crippen LogP contribution in [0.2, 0.25) is 0 Å². The van der Waals surface area contributed by atoms with Crippen LogP contribution in [0.5, 0.6) is 0 Å². The Hall–Kier alpha value is -0.610. The van der Waals surface area contributed by atoms with Gasteiger partial charge in [0.25, 0.3) is 0 Å². The minimum Gasteiger partial charge on any atom is -0.350 e. The molecule has 2 bridgehead atoms. The molecule has 2 fully saturated rings. The van der Waals surface area contributed by atoms with Crippen LogP contribution in [-0.2, 0) is 4.79 Å². The van der Waals surface area contributed by atoms with Crippen LogP contribution in [0.4, 0.5) is 0 Å². The number of carbonyl (C=O) groups is 1. The van der Waals surface area contributed by atoms with Gasteiger partial charge in [-0.05, 0) is 66.3 Å². The van der Waals surface area contributed by atoms with Gasteiger partial charge in [-0.1, -0.05) is 6.92 Å². The first-order valence-electron chi connectivity index (χ1n) is 8.64. The Morgan fingerprint density at radius 1 is 1.29 bits per heavy atom. The number of hydrogen-bond acceptors (Lipinski definition) is 3. The van der Waals surface area contributed by atoms with Gasteiger partial charge < -0.3 is 10.6 Å². The summed E-state index contributed by atoms with van der Waals surface area (Å²) in [6.45, 7) is 11.4. The van der Waals surface area contributed by atoms with E-state index in [9.17, 15) is 4.79 Å². The van der Waals surface area contributed by atoms with Crippen LogP contribution in [0.15, 0.2) is 0 Å². The largest absolute Gasteiger partial charge is 0.350 e. The summed E-state index contributed by atoms with van der Waals surface area (Å²) in [5.74, 6) is 0.168. The van der Waals surface area contributed by atoms with Gasteiger partial charge in [0.2, 0.25) is 5.91 Å². The Morgan fingerprint density at radius 3 is 2.33 bits per heavy atom. The molecular weight excluding hydrogens is 262 g/mol. The molecule has 0 aliphatic carbocycles. The maximum Gasteiger partial charge on any atom is 0.237 e. The molecule has 4 nitrogen and oxygen atoms in total. The van der Waals surface area contributed by atoms with Crippen LogP contribution >= 0.6 is 0 Å². The van der Waals surface area contributed by atoms with Crippen molar-refractivity contribution in [2.45, 2.75) is 96.4 Å². The summed E-state index contributed by atoms with van der Waals surface area (Å²) in [7, 11) is 0. The Bertz CT molecular complexity index is 352. The van der Waals surface area contributed by atoms with Crippen molar-refractivity contribution in [2.24, 2.45) is 0 Å². The van der Waals surface area contributed by atoms with Crippen molar-refractivity contribution in [1.29, 1.82) is 0 Å². The molecule has 2 aliphatic heterocycles. The molecule has 0 saturated carbocycles. The van der Waals surface area contributed by atoms with Crippen LogP contribution in [0.3, 0.4) is 0 Å². The molecule has 122 valence electrons. The maximum absolute atomic E-state index is 12.5. The molecule has 2 saturated heterocycles. The molecule has 0 radical (unpaired) electrons. The SMILES string of the molecule is CCCN(C1CC2CCC(C1)N2)C(C)C(=O)NC(C)(C)C. The maximum atomic E-state index is 12.5. The Morgan fingerprint density at radius 2 is 1.86 bits per heavy atom. The number of nitrogens with zero attached hydrogens (tertiary/aromatic N) is 1. The van der Waals surface area contributed by atoms with E-state index in [1.165, 1.54) is 25.7 Å². The molecule has 3 unspecified atom stereocenters. The van der Waals surface area contributed by atoms with Crippen molar-refractivity contribution in [3.8, 4) is 0 Å². The fourth-order valence-corrected chi connectivity index (χ4v) is 3.87. The van der Waals surface area contributed by atoms with E-state index in [1.807, 2.05) is 20.8 Å². The van der Waals surface area contributed by atoms with E-state index in [2.05, 4.69) is 29.4 Å². The van der Waals surface area contributed by atoms with Gasteiger partial charge in [-0.25, -0.2) is 0 Å². The van der Waals surface area contributed by atoms with Crippen molar-refractivity contribution < 1.29 is 4.79 Å². The molecular formula is C17H33N3O. The first-order chi connectivity index (χ1) is 9.80.